The fourth-order valence-corrected chi connectivity index (χ4v) is 2.56. The first-order chi connectivity index (χ1) is 7.65. The van der Waals surface area contributed by atoms with Gasteiger partial charge in [-0.15, -0.1) is 11.3 Å². The van der Waals surface area contributed by atoms with Crippen molar-refractivity contribution >= 4 is 16.5 Å². The van der Waals surface area contributed by atoms with Gasteiger partial charge in [-0.2, -0.15) is 0 Å². The normalized spacial score (nSPS) is 16.2. The van der Waals surface area contributed by atoms with Crippen LogP contribution >= 0.6 is 11.3 Å². The molecule has 1 aliphatic rings. The second-order valence-electron chi connectivity index (χ2n) is 5.05. The Balaban J connectivity index is 1.87. The maximum absolute atomic E-state index is 5.66. The minimum absolute atomic E-state index is 0.689. The Morgan fingerprint density at radius 3 is 2.81 bits per heavy atom. The number of anilines is 1. The van der Waals surface area contributed by atoms with Crippen LogP contribution in [-0.4, -0.2) is 22.5 Å². The van der Waals surface area contributed by atoms with Crippen LogP contribution in [0.1, 0.15) is 38.0 Å². The predicted octanol–water partition coefficient (Wildman–Crippen LogP) is 2.74. The van der Waals surface area contributed by atoms with Gasteiger partial charge in [-0.05, 0) is 31.7 Å². The largest absolute Gasteiger partial charge is 0.375 e. The van der Waals surface area contributed by atoms with Crippen LogP contribution in [0.25, 0.3) is 0 Å². The smallest absolute Gasteiger partial charge is 0.180 e. The molecule has 0 unspecified atom stereocenters. The van der Waals surface area contributed by atoms with Crippen molar-refractivity contribution in [2.75, 3.05) is 12.3 Å². The molecule has 1 aliphatic carbocycles. The van der Waals surface area contributed by atoms with E-state index in [4.69, 9.17) is 5.73 Å². The maximum atomic E-state index is 5.66. The Labute approximate surface area is 102 Å². The summed E-state index contributed by atoms with van der Waals surface area (Å²) in [6.45, 7) is 6.82. The van der Waals surface area contributed by atoms with E-state index in [1.54, 1.807) is 11.3 Å². The van der Waals surface area contributed by atoms with E-state index in [1.165, 1.54) is 30.7 Å². The Hall–Kier alpha value is -0.610. The highest BCUT2D eigenvalue weighted by Crippen LogP contribution is 2.30. The molecule has 0 spiro atoms. The predicted molar refractivity (Wildman–Crippen MR) is 69.4 cm³/mol. The van der Waals surface area contributed by atoms with Crippen molar-refractivity contribution in [3.63, 3.8) is 0 Å². The highest BCUT2D eigenvalue weighted by Gasteiger charge is 2.28. The first-order valence-corrected chi connectivity index (χ1v) is 6.91. The number of thiazole rings is 1. The van der Waals surface area contributed by atoms with Crippen molar-refractivity contribution in [1.29, 1.82) is 0 Å². The molecule has 2 N–H and O–H groups in total. The highest BCUT2D eigenvalue weighted by molar-refractivity contribution is 7.15. The number of rotatable bonds is 6. The van der Waals surface area contributed by atoms with Crippen LogP contribution in [0.2, 0.25) is 0 Å². The summed E-state index contributed by atoms with van der Waals surface area (Å²) in [6.07, 6.45) is 5.94. The molecule has 0 amide bonds. The number of hydrogen-bond acceptors (Lipinski definition) is 4. The molecule has 4 heteroatoms. The summed E-state index contributed by atoms with van der Waals surface area (Å²) in [7, 11) is 0. The van der Waals surface area contributed by atoms with Gasteiger partial charge in [0.1, 0.15) is 0 Å². The lowest BCUT2D eigenvalue weighted by Crippen LogP contribution is -2.27. The van der Waals surface area contributed by atoms with Gasteiger partial charge >= 0.3 is 0 Å². The summed E-state index contributed by atoms with van der Waals surface area (Å²) in [5.41, 5.74) is 5.66. The maximum Gasteiger partial charge on any atom is 0.180 e. The van der Waals surface area contributed by atoms with E-state index in [9.17, 15) is 0 Å². The number of nitrogens with two attached hydrogens (primary N) is 1. The van der Waals surface area contributed by atoms with E-state index >= 15 is 0 Å². The van der Waals surface area contributed by atoms with E-state index in [0.717, 1.165) is 18.5 Å². The fraction of sp³-hybridized carbons (Fsp3) is 0.750. The lowest BCUT2D eigenvalue weighted by Gasteiger charge is -2.21. The minimum Gasteiger partial charge on any atom is -0.375 e. The van der Waals surface area contributed by atoms with E-state index < -0.39 is 0 Å². The van der Waals surface area contributed by atoms with Crippen LogP contribution in [0.4, 0.5) is 5.13 Å². The quantitative estimate of drug-likeness (QED) is 0.830. The van der Waals surface area contributed by atoms with Crippen molar-refractivity contribution < 1.29 is 0 Å². The molecule has 1 aromatic heterocycles. The third kappa shape index (κ3) is 3.46. The molecule has 0 aliphatic heterocycles. The number of nitrogens with zero attached hydrogens (tertiary/aromatic N) is 2. The molecule has 1 saturated carbocycles. The number of nitrogen functional groups attached to an aromatic ring is 1. The van der Waals surface area contributed by atoms with Crippen LogP contribution in [-0.2, 0) is 6.54 Å². The first kappa shape index (κ1) is 11.9. The summed E-state index contributed by atoms with van der Waals surface area (Å²) in [5.74, 6) is 0.785. The van der Waals surface area contributed by atoms with Crippen LogP contribution in [0.3, 0.4) is 0 Å². The topological polar surface area (TPSA) is 42.2 Å². The molecule has 0 atom stereocenters. The Kier molecular flexibility index (Phi) is 3.82. The summed E-state index contributed by atoms with van der Waals surface area (Å²) >= 11 is 1.62. The van der Waals surface area contributed by atoms with Crippen molar-refractivity contribution in [1.82, 2.24) is 9.88 Å². The molecule has 2 rings (SSSR count). The Bertz CT molecular complexity index is 331. The van der Waals surface area contributed by atoms with E-state index in [1.807, 2.05) is 6.20 Å². The standard InChI is InChI=1S/C12H21N3S/c1-9(2)5-6-15(10-3-4-10)8-11-7-14-12(13)16-11/h7,9-10H,3-6,8H2,1-2H3,(H2,13,14). The average Bonchev–Trinajstić information content (AvgIpc) is 2.98. The highest BCUT2D eigenvalue weighted by atomic mass is 32.1. The SMILES string of the molecule is CC(C)CCN(Cc1cnc(N)s1)C1CC1. The van der Waals surface area contributed by atoms with E-state index in [2.05, 4.69) is 23.7 Å². The first-order valence-electron chi connectivity index (χ1n) is 6.09. The molecule has 0 saturated heterocycles. The average molecular weight is 239 g/mol. The second kappa shape index (κ2) is 5.15. The van der Waals surface area contributed by atoms with Crippen LogP contribution in [0.5, 0.6) is 0 Å². The van der Waals surface area contributed by atoms with Crippen LogP contribution < -0.4 is 5.73 Å². The molecule has 0 radical (unpaired) electrons. The Morgan fingerprint density at radius 1 is 1.56 bits per heavy atom. The van der Waals surface area contributed by atoms with Gasteiger partial charge in [-0.25, -0.2) is 4.98 Å². The monoisotopic (exact) mass is 239 g/mol. The van der Waals surface area contributed by atoms with Gasteiger partial charge in [-0.3, -0.25) is 4.90 Å². The fourth-order valence-electron chi connectivity index (χ4n) is 1.85. The molecule has 0 aromatic carbocycles. The van der Waals surface area contributed by atoms with Crippen LogP contribution in [0.15, 0.2) is 6.20 Å². The van der Waals surface area contributed by atoms with Gasteiger partial charge < -0.3 is 5.73 Å². The lowest BCUT2D eigenvalue weighted by atomic mass is 10.1. The molecule has 1 aromatic rings. The summed E-state index contributed by atoms with van der Waals surface area (Å²) < 4.78 is 0. The number of hydrogen-bond donors (Lipinski definition) is 1. The summed E-state index contributed by atoms with van der Waals surface area (Å²) in [6, 6.07) is 0.821. The Morgan fingerprint density at radius 2 is 2.31 bits per heavy atom. The van der Waals surface area contributed by atoms with Gasteiger partial charge in [-0.1, -0.05) is 13.8 Å². The molecule has 16 heavy (non-hydrogen) atoms. The third-order valence-corrected chi connectivity index (χ3v) is 3.80. The summed E-state index contributed by atoms with van der Waals surface area (Å²) in [4.78, 5) is 8.00. The summed E-state index contributed by atoms with van der Waals surface area (Å²) in [5, 5.41) is 0.689. The minimum atomic E-state index is 0.689. The molecule has 90 valence electrons. The van der Waals surface area contributed by atoms with Crippen molar-refractivity contribution in [2.24, 2.45) is 5.92 Å². The van der Waals surface area contributed by atoms with Gasteiger partial charge in [0.25, 0.3) is 0 Å². The van der Waals surface area contributed by atoms with Gasteiger partial charge in [0, 0.05) is 23.7 Å². The van der Waals surface area contributed by atoms with E-state index in [0.29, 0.717) is 5.13 Å². The molecule has 0 bridgehead atoms. The van der Waals surface area contributed by atoms with Crippen molar-refractivity contribution in [3.05, 3.63) is 11.1 Å². The van der Waals surface area contributed by atoms with Crippen LogP contribution in [0, 0.1) is 5.92 Å². The lowest BCUT2D eigenvalue weighted by molar-refractivity contribution is 0.241. The van der Waals surface area contributed by atoms with Gasteiger partial charge in [0.15, 0.2) is 5.13 Å². The molecular weight excluding hydrogens is 218 g/mol. The second-order valence-corrected chi connectivity index (χ2v) is 6.20. The van der Waals surface area contributed by atoms with E-state index in [-0.39, 0.29) is 0 Å². The molecule has 1 fully saturated rings. The molecule has 3 nitrogen and oxygen atoms in total. The molecule has 1 heterocycles. The zero-order chi connectivity index (χ0) is 11.5. The zero-order valence-corrected chi connectivity index (χ0v) is 11.0. The van der Waals surface area contributed by atoms with Gasteiger partial charge in [0.2, 0.25) is 0 Å². The van der Waals surface area contributed by atoms with Crippen molar-refractivity contribution in [2.45, 2.75) is 45.7 Å². The van der Waals surface area contributed by atoms with Crippen molar-refractivity contribution in [3.8, 4) is 0 Å². The number of aromatic nitrogens is 1. The van der Waals surface area contributed by atoms with Gasteiger partial charge in [0.05, 0.1) is 0 Å². The zero-order valence-electron chi connectivity index (χ0n) is 10.1. The molecular formula is C12H21N3S. The third-order valence-electron chi connectivity index (χ3n) is 2.99.